The molecule has 5 rings (SSSR count). The molecule has 0 saturated carbocycles. The molecule has 0 atom stereocenters. The van der Waals surface area contributed by atoms with Crippen molar-refractivity contribution < 1.29 is 18.3 Å². The molecule has 0 unspecified atom stereocenters. The first-order chi connectivity index (χ1) is 16.4. The number of rotatable bonds is 6. The zero-order valence-electron chi connectivity index (χ0n) is 18.8. The fourth-order valence-corrected chi connectivity index (χ4v) is 4.52. The maximum atomic E-state index is 14.3. The summed E-state index contributed by atoms with van der Waals surface area (Å²) >= 11 is 6.19. The molecule has 6 nitrogen and oxygen atoms in total. The number of benzene rings is 2. The second kappa shape index (κ2) is 8.99. The molecule has 2 aromatic heterocycles. The number of aromatic nitrogens is 2. The Bertz CT molecular complexity index is 1350. The predicted octanol–water partition coefficient (Wildman–Crippen LogP) is 6.04. The van der Waals surface area contributed by atoms with Crippen LogP contribution in [0.1, 0.15) is 39.9 Å². The molecular weight excluding hydrogens is 457 g/mol. The average Bonchev–Trinajstić information content (AvgIpc) is 3.38. The normalized spacial score (nSPS) is 12.2. The Hall–Kier alpha value is -3.58. The molecule has 2 aromatic carbocycles. The van der Waals surface area contributed by atoms with E-state index < -0.39 is 0 Å². The number of furan rings is 1. The summed E-state index contributed by atoms with van der Waals surface area (Å²) in [5, 5.41) is 7.94. The van der Waals surface area contributed by atoms with Crippen molar-refractivity contribution in [2.45, 2.75) is 33.2 Å². The molecule has 8 heteroatoms. The van der Waals surface area contributed by atoms with Gasteiger partial charge in [0.05, 0.1) is 18.8 Å². The highest BCUT2D eigenvalue weighted by molar-refractivity contribution is 6.31. The van der Waals surface area contributed by atoms with Crippen molar-refractivity contribution in [3.63, 3.8) is 0 Å². The van der Waals surface area contributed by atoms with Crippen molar-refractivity contribution >= 4 is 23.2 Å². The summed E-state index contributed by atoms with van der Waals surface area (Å²) in [6, 6.07) is 11.8. The number of anilines is 1. The minimum absolute atomic E-state index is 0.218. The molecule has 0 saturated heterocycles. The number of aryl methyl sites for hydroxylation is 2. The van der Waals surface area contributed by atoms with E-state index in [1.165, 1.54) is 6.07 Å². The fourth-order valence-electron chi connectivity index (χ4n) is 4.30. The highest BCUT2D eigenvalue weighted by Gasteiger charge is 2.30. The number of amides is 1. The van der Waals surface area contributed by atoms with Crippen molar-refractivity contribution in [3.8, 4) is 17.0 Å². The van der Waals surface area contributed by atoms with Crippen LogP contribution in [0.25, 0.3) is 11.3 Å². The van der Waals surface area contributed by atoms with Crippen LogP contribution in [0.4, 0.5) is 10.1 Å². The van der Waals surface area contributed by atoms with Crippen LogP contribution in [0.5, 0.6) is 5.75 Å². The van der Waals surface area contributed by atoms with Crippen molar-refractivity contribution in [2.75, 3.05) is 11.9 Å². The SMILES string of the molecule is CCOc1ccc(NC(=O)c2oc3c(c2C)-c2nn(Cc4c(F)cccc4Cl)cc2CC3)cc1. The van der Waals surface area contributed by atoms with Crippen LogP contribution < -0.4 is 10.1 Å². The van der Waals surface area contributed by atoms with E-state index in [2.05, 4.69) is 5.32 Å². The summed E-state index contributed by atoms with van der Waals surface area (Å²) in [5.41, 5.74) is 4.39. The minimum atomic E-state index is -0.366. The largest absolute Gasteiger partial charge is 0.494 e. The summed E-state index contributed by atoms with van der Waals surface area (Å²) < 4.78 is 27.4. The van der Waals surface area contributed by atoms with E-state index in [1.54, 1.807) is 41.1 Å². The van der Waals surface area contributed by atoms with Crippen LogP contribution in [0.3, 0.4) is 0 Å². The van der Waals surface area contributed by atoms with E-state index in [-0.39, 0.29) is 24.0 Å². The quantitative estimate of drug-likeness (QED) is 0.366. The van der Waals surface area contributed by atoms with Crippen LogP contribution >= 0.6 is 11.6 Å². The zero-order chi connectivity index (χ0) is 23.8. The fraction of sp³-hybridized carbons (Fsp3) is 0.231. The number of carbonyl (C=O) groups excluding carboxylic acids is 1. The van der Waals surface area contributed by atoms with Gasteiger partial charge in [-0.25, -0.2) is 4.39 Å². The number of carbonyl (C=O) groups is 1. The predicted molar refractivity (Wildman–Crippen MR) is 128 cm³/mol. The van der Waals surface area contributed by atoms with E-state index >= 15 is 0 Å². The number of ether oxygens (including phenoxy) is 1. The lowest BCUT2D eigenvalue weighted by Crippen LogP contribution is -2.12. The summed E-state index contributed by atoms with van der Waals surface area (Å²) in [5.74, 6) is 1.05. The lowest BCUT2D eigenvalue weighted by molar-refractivity contribution is 0.0994. The summed E-state index contributed by atoms with van der Waals surface area (Å²) in [6.45, 7) is 4.57. The third-order valence-electron chi connectivity index (χ3n) is 5.93. The van der Waals surface area contributed by atoms with E-state index in [9.17, 15) is 9.18 Å². The zero-order valence-corrected chi connectivity index (χ0v) is 19.6. The lowest BCUT2D eigenvalue weighted by Gasteiger charge is -2.09. The molecule has 0 radical (unpaired) electrons. The average molecular weight is 480 g/mol. The van der Waals surface area contributed by atoms with Crippen molar-refractivity contribution in [2.24, 2.45) is 0 Å². The van der Waals surface area contributed by atoms with E-state index in [0.29, 0.717) is 29.3 Å². The Kier molecular flexibility index (Phi) is 5.87. The monoisotopic (exact) mass is 479 g/mol. The maximum Gasteiger partial charge on any atom is 0.291 e. The van der Waals surface area contributed by atoms with Crippen LogP contribution in [0.2, 0.25) is 5.02 Å². The molecule has 1 amide bonds. The third-order valence-corrected chi connectivity index (χ3v) is 6.28. The molecule has 1 N–H and O–H groups in total. The molecule has 0 aliphatic heterocycles. The Balaban J connectivity index is 1.41. The molecule has 1 aliphatic carbocycles. The van der Waals surface area contributed by atoms with Crippen LogP contribution in [-0.4, -0.2) is 22.3 Å². The van der Waals surface area contributed by atoms with Crippen molar-refractivity contribution in [3.05, 3.63) is 87.7 Å². The van der Waals surface area contributed by atoms with Crippen LogP contribution in [-0.2, 0) is 19.4 Å². The number of hydrogen-bond acceptors (Lipinski definition) is 4. The van der Waals surface area contributed by atoms with Gasteiger partial charge in [-0.2, -0.15) is 5.10 Å². The van der Waals surface area contributed by atoms with Gasteiger partial charge in [-0.05, 0) is 62.2 Å². The van der Waals surface area contributed by atoms with Crippen molar-refractivity contribution in [1.29, 1.82) is 0 Å². The summed E-state index contributed by atoms with van der Waals surface area (Å²) in [6.07, 6.45) is 3.29. The molecule has 174 valence electrons. The highest BCUT2D eigenvalue weighted by Crippen LogP contribution is 2.38. The molecule has 34 heavy (non-hydrogen) atoms. The van der Waals surface area contributed by atoms with Gasteiger partial charge in [0.2, 0.25) is 0 Å². The molecule has 0 bridgehead atoms. The maximum absolute atomic E-state index is 14.3. The van der Waals surface area contributed by atoms with Gasteiger partial charge in [-0.1, -0.05) is 17.7 Å². The van der Waals surface area contributed by atoms with Gasteiger partial charge < -0.3 is 14.5 Å². The highest BCUT2D eigenvalue weighted by atomic mass is 35.5. The first kappa shape index (κ1) is 22.2. The van der Waals surface area contributed by atoms with Crippen LogP contribution in [0, 0.1) is 12.7 Å². The van der Waals surface area contributed by atoms with Gasteiger partial charge in [-0.3, -0.25) is 9.48 Å². The van der Waals surface area contributed by atoms with Gasteiger partial charge in [0, 0.05) is 40.0 Å². The molecule has 0 spiro atoms. The number of hydrogen-bond donors (Lipinski definition) is 1. The summed E-state index contributed by atoms with van der Waals surface area (Å²) in [7, 11) is 0. The second-order valence-electron chi connectivity index (χ2n) is 8.17. The molecular formula is C26H23ClFN3O3. The molecule has 0 fully saturated rings. The Morgan fingerprint density at radius 3 is 2.76 bits per heavy atom. The minimum Gasteiger partial charge on any atom is -0.494 e. The summed E-state index contributed by atoms with van der Waals surface area (Å²) in [4.78, 5) is 13.0. The first-order valence-electron chi connectivity index (χ1n) is 11.1. The lowest BCUT2D eigenvalue weighted by atomic mass is 9.93. The van der Waals surface area contributed by atoms with Crippen molar-refractivity contribution in [1.82, 2.24) is 9.78 Å². The van der Waals surface area contributed by atoms with E-state index in [0.717, 1.165) is 40.3 Å². The smallest absolute Gasteiger partial charge is 0.291 e. The van der Waals surface area contributed by atoms with Gasteiger partial charge in [0.1, 0.15) is 17.3 Å². The number of fused-ring (bicyclic) bond motifs is 3. The van der Waals surface area contributed by atoms with E-state index in [4.69, 9.17) is 25.9 Å². The topological polar surface area (TPSA) is 69.3 Å². The third kappa shape index (κ3) is 4.07. The van der Waals surface area contributed by atoms with Gasteiger partial charge in [-0.15, -0.1) is 0 Å². The van der Waals surface area contributed by atoms with Gasteiger partial charge >= 0.3 is 0 Å². The van der Waals surface area contributed by atoms with Crippen LogP contribution in [0.15, 0.2) is 53.1 Å². The van der Waals surface area contributed by atoms with Gasteiger partial charge in [0.25, 0.3) is 5.91 Å². The second-order valence-corrected chi connectivity index (χ2v) is 8.57. The standard InChI is InChI=1S/C26H23ClFN3O3/c1-3-33-18-10-8-17(9-11-18)29-26(32)25-15(2)23-22(34-25)12-7-16-13-31(30-24(16)23)14-19-20(27)5-4-6-21(19)28/h4-6,8-11,13H,3,7,12,14H2,1-2H3,(H,29,32). The Labute approximate surface area is 201 Å². The van der Waals surface area contributed by atoms with E-state index in [1.807, 2.05) is 20.0 Å². The molecule has 1 aliphatic rings. The van der Waals surface area contributed by atoms with Gasteiger partial charge in [0.15, 0.2) is 5.76 Å². The Morgan fingerprint density at radius 1 is 1.24 bits per heavy atom. The number of nitrogens with zero attached hydrogens (tertiary/aromatic N) is 2. The molecule has 4 aromatic rings. The number of halogens is 2. The first-order valence-corrected chi connectivity index (χ1v) is 11.5. The molecule has 2 heterocycles. The Morgan fingerprint density at radius 2 is 2.03 bits per heavy atom. The number of nitrogens with one attached hydrogen (secondary N) is 1.